The summed E-state index contributed by atoms with van der Waals surface area (Å²) in [6.45, 7) is 0. The Kier molecular flexibility index (Phi) is 4.65. The molecule has 1 aromatic heterocycles. The number of carbonyl (C=O) groups is 2. The Balaban J connectivity index is 2.42. The van der Waals surface area contributed by atoms with Crippen LogP contribution in [0.2, 0.25) is 0 Å². The van der Waals surface area contributed by atoms with Crippen LogP contribution in [0.1, 0.15) is 24.4 Å². The summed E-state index contributed by atoms with van der Waals surface area (Å²) in [5.41, 5.74) is 6.02. The molecule has 1 rings (SSSR count). The van der Waals surface area contributed by atoms with Gasteiger partial charge >= 0.3 is 11.9 Å². The highest BCUT2D eigenvalue weighted by Gasteiger charge is 2.13. The highest BCUT2D eigenvalue weighted by atomic mass is 16.4. The molecule has 0 saturated heterocycles. The molecule has 7 heteroatoms. The van der Waals surface area contributed by atoms with Gasteiger partial charge < -0.3 is 20.9 Å². The minimum Gasteiger partial charge on any atom is -0.481 e. The maximum atomic E-state index is 10.5. The second kappa shape index (κ2) is 6.00. The molecule has 0 amide bonds. The standard InChI is InChI=1S/C10H15N3O4/c11-7(10(16)17)4-6-5-12-8(13-6)2-1-3-9(14)15/h5,7H,1-4,11H2,(H,12,13)(H,14,15)(H,16,17)/t7-/m0/s1. The van der Waals surface area contributed by atoms with Crippen molar-refractivity contribution in [2.75, 3.05) is 0 Å². The van der Waals surface area contributed by atoms with Gasteiger partial charge in [0, 0.05) is 31.2 Å². The van der Waals surface area contributed by atoms with E-state index in [-0.39, 0.29) is 12.8 Å². The zero-order chi connectivity index (χ0) is 12.8. The number of carboxylic acids is 2. The van der Waals surface area contributed by atoms with Crippen molar-refractivity contribution >= 4 is 11.9 Å². The van der Waals surface area contributed by atoms with E-state index in [0.717, 1.165) is 0 Å². The van der Waals surface area contributed by atoms with Gasteiger partial charge in [0.25, 0.3) is 0 Å². The number of carboxylic acid groups (broad SMARTS) is 2. The molecule has 7 nitrogen and oxygen atoms in total. The number of aryl methyl sites for hydroxylation is 1. The van der Waals surface area contributed by atoms with Gasteiger partial charge in [0.2, 0.25) is 0 Å². The van der Waals surface area contributed by atoms with Gasteiger partial charge in [0.1, 0.15) is 11.9 Å². The number of rotatable bonds is 7. The second-order valence-corrected chi connectivity index (χ2v) is 3.75. The maximum absolute atomic E-state index is 10.5. The van der Waals surface area contributed by atoms with Crippen LogP contribution in [0.15, 0.2) is 6.20 Å². The summed E-state index contributed by atoms with van der Waals surface area (Å²) >= 11 is 0. The molecule has 0 bridgehead atoms. The maximum Gasteiger partial charge on any atom is 0.320 e. The minimum atomic E-state index is -1.06. The highest BCUT2D eigenvalue weighted by Crippen LogP contribution is 2.04. The molecule has 1 heterocycles. The van der Waals surface area contributed by atoms with E-state index >= 15 is 0 Å². The third kappa shape index (κ3) is 4.64. The van der Waals surface area contributed by atoms with Crippen LogP contribution in [0.25, 0.3) is 0 Å². The van der Waals surface area contributed by atoms with E-state index in [0.29, 0.717) is 24.4 Å². The van der Waals surface area contributed by atoms with Gasteiger partial charge in [-0.2, -0.15) is 0 Å². The number of nitrogens with zero attached hydrogens (tertiary/aromatic N) is 1. The lowest BCUT2D eigenvalue weighted by Crippen LogP contribution is -2.32. The molecular weight excluding hydrogens is 226 g/mol. The molecule has 0 unspecified atom stereocenters. The first-order valence-corrected chi connectivity index (χ1v) is 5.22. The molecule has 1 aromatic rings. The summed E-state index contributed by atoms with van der Waals surface area (Å²) in [4.78, 5) is 27.8. The Morgan fingerprint density at radius 3 is 2.76 bits per heavy atom. The molecule has 0 spiro atoms. The third-order valence-electron chi connectivity index (χ3n) is 2.24. The molecule has 1 atom stereocenters. The molecule has 94 valence electrons. The van der Waals surface area contributed by atoms with Crippen LogP contribution in [0.4, 0.5) is 0 Å². The first-order chi connectivity index (χ1) is 7.99. The Morgan fingerprint density at radius 2 is 2.18 bits per heavy atom. The van der Waals surface area contributed by atoms with Crippen molar-refractivity contribution in [3.8, 4) is 0 Å². The van der Waals surface area contributed by atoms with Gasteiger partial charge in [-0.25, -0.2) is 4.98 Å². The zero-order valence-corrected chi connectivity index (χ0v) is 9.22. The van der Waals surface area contributed by atoms with Crippen molar-refractivity contribution < 1.29 is 19.8 Å². The first-order valence-electron chi connectivity index (χ1n) is 5.22. The zero-order valence-electron chi connectivity index (χ0n) is 9.22. The number of aromatic nitrogens is 2. The lowest BCUT2D eigenvalue weighted by atomic mass is 10.2. The summed E-state index contributed by atoms with van der Waals surface area (Å²) < 4.78 is 0. The van der Waals surface area contributed by atoms with E-state index in [1.807, 2.05) is 0 Å². The number of nitrogens with two attached hydrogens (primary N) is 1. The lowest BCUT2D eigenvalue weighted by molar-refractivity contribution is -0.139. The summed E-state index contributed by atoms with van der Waals surface area (Å²) in [6, 6.07) is -0.956. The number of hydrogen-bond acceptors (Lipinski definition) is 4. The van der Waals surface area contributed by atoms with Crippen molar-refractivity contribution in [3.05, 3.63) is 17.7 Å². The van der Waals surface area contributed by atoms with Crippen LogP contribution in [0, 0.1) is 0 Å². The Bertz CT molecular complexity index is 402. The van der Waals surface area contributed by atoms with Gasteiger partial charge in [-0.15, -0.1) is 0 Å². The molecule has 0 aromatic carbocycles. The van der Waals surface area contributed by atoms with Crippen molar-refractivity contribution in [1.82, 2.24) is 9.97 Å². The molecule has 0 radical (unpaired) electrons. The molecule has 17 heavy (non-hydrogen) atoms. The summed E-state index contributed by atoms with van der Waals surface area (Å²) in [5, 5.41) is 17.1. The Labute approximate surface area is 97.7 Å². The van der Waals surface area contributed by atoms with Crippen LogP contribution in [-0.2, 0) is 22.4 Å². The van der Waals surface area contributed by atoms with E-state index in [2.05, 4.69) is 9.97 Å². The monoisotopic (exact) mass is 241 g/mol. The SMILES string of the molecule is N[C@@H](Cc1cnc(CCCC(=O)O)[nH]1)C(=O)O. The van der Waals surface area contributed by atoms with Gasteiger partial charge in [-0.3, -0.25) is 9.59 Å². The Morgan fingerprint density at radius 1 is 1.47 bits per heavy atom. The smallest absolute Gasteiger partial charge is 0.320 e. The summed E-state index contributed by atoms with van der Waals surface area (Å²) in [5.74, 6) is -1.25. The van der Waals surface area contributed by atoms with Crippen LogP contribution in [0.5, 0.6) is 0 Å². The van der Waals surface area contributed by atoms with E-state index in [4.69, 9.17) is 15.9 Å². The third-order valence-corrected chi connectivity index (χ3v) is 2.24. The molecular formula is C10H15N3O4. The first kappa shape index (κ1) is 13.2. The van der Waals surface area contributed by atoms with E-state index in [1.165, 1.54) is 6.20 Å². The van der Waals surface area contributed by atoms with E-state index < -0.39 is 18.0 Å². The minimum absolute atomic E-state index is 0.0880. The van der Waals surface area contributed by atoms with Gasteiger partial charge in [-0.05, 0) is 6.42 Å². The quantitative estimate of drug-likeness (QED) is 0.522. The fourth-order valence-corrected chi connectivity index (χ4v) is 1.37. The number of imidazole rings is 1. The molecule has 0 aliphatic carbocycles. The fraction of sp³-hybridized carbons (Fsp3) is 0.500. The van der Waals surface area contributed by atoms with Crippen molar-refractivity contribution in [2.45, 2.75) is 31.7 Å². The van der Waals surface area contributed by atoms with Gasteiger partial charge in [0.15, 0.2) is 0 Å². The predicted molar refractivity (Wildman–Crippen MR) is 58.5 cm³/mol. The summed E-state index contributed by atoms with van der Waals surface area (Å²) in [6.07, 6.45) is 2.81. The van der Waals surface area contributed by atoms with Crippen molar-refractivity contribution in [1.29, 1.82) is 0 Å². The number of aromatic amines is 1. The number of nitrogens with one attached hydrogen (secondary N) is 1. The molecule has 0 aliphatic rings. The average molecular weight is 241 g/mol. The molecule has 0 aliphatic heterocycles. The number of hydrogen-bond donors (Lipinski definition) is 4. The van der Waals surface area contributed by atoms with Crippen LogP contribution in [0.3, 0.4) is 0 Å². The highest BCUT2D eigenvalue weighted by molar-refractivity contribution is 5.73. The van der Waals surface area contributed by atoms with E-state index in [9.17, 15) is 9.59 Å². The predicted octanol–water partition coefficient (Wildman–Crippen LogP) is -0.229. The van der Waals surface area contributed by atoms with Gasteiger partial charge in [-0.1, -0.05) is 0 Å². The fourth-order valence-electron chi connectivity index (χ4n) is 1.37. The Hall–Kier alpha value is -1.89. The number of H-pyrrole nitrogens is 1. The van der Waals surface area contributed by atoms with Crippen LogP contribution in [-0.4, -0.2) is 38.2 Å². The van der Waals surface area contributed by atoms with E-state index in [1.54, 1.807) is 0 Å². The molecule has 0 saturated carbocycles. The van der Waals surface area contributed by atoms with Crippen molar-refractivity contribution in [3.63, 3.8) is 0 Å². The lowest BCUT2D eigenvalue weighted by Gasteiger charge is -2.02. The van der Waals surface area contributed by atoms with Gasteiger partial charge in [0.05, 0.1) is 0 Å². The van der Waals surface area contributed by atoms with Crippen LogP contribution >= 0.6 is 0 Å². The number of aliphatic carboxylic acids is 2. The topological polar surface area (TPSA) is 129 Å². The largest absolute Gasteiger partial charge is 0.481 e. The summed E-state index contributed by atoms with van der Waals surface area (Å²) in [7, 11) is 0. The molecule has 0 fully saturated rings. The molecule has 5 N–H and O–H groups in total. The normalized spacial score (nSPS) is 12.3. The average Bonchev–Trinajstić information content (AvgIpc) is 2.65. The second-order valence-electron chi connectivity index (χ2n) is 3.75. The van der Waals surface area contributed by atoms with Crippen LogP contribution < -0.4 is 5.73 Å². The van der Waals surface area contributed by atoms with Crippen molar-refractivity contribution in [2.24, 2.45) is 5.73 Å².